The summed E-state index contributed by atoms with van der Waals surface area (Å²) in [7, 11) is 0. The number of hydrogen-bond donors (Lipinski definition) is 2. The fraction of sp³-hybridized carbons (Fsp3) is 0.500. The molecule has 25 heavy (non-hydrogen) atoms. The molecule has 3 N–H and O–H groups in total. The predicted octanol–water partition coefficient (Wildman–Crippen LogP) is 2.91. The Kier molecular flexibility index (Phi) is 6.87. The number of nitrogen functional groups attached to an aromatic ring is 1. The molecule has 1 heterocycles. The maximum Gasteiger partial charge on any atom is 0.251 e. The number of nitrogens with one attached hydrogen (secondary N) is 1. The van der Waals surface area contributed by atoms with Gasteiger partial charge < -0.3 is 15.6 Å². The highest BCUT2D eigenvalue weighted by molar-refractivity contribution is 7.98. The SMILES string of the molecule is CSc1nnc(CCCNC(=O)c2cc(N)ccc2C)n1CC(C)C. The molecule has 0 saturated carbocycles. The third-order valence-corrected chi connectivity index (χ3v) is 4.56. The zero-order chi connectivity index (χ0) is 18.4. The molecule has 0 atom stereocenters. The van der Waals surface area contributed by atoms with Gasteiger partial charge in [0.1, 0.15) is 5.82 Å². The maximum absolute atomic E-state index is 12.3. The monoisotopic (exact) mass is 361 g/mol. The Morgan fingerprint density at radius 3 is 2.80 bits per heavy atom. The summed E-state index contributed by atoms with van der Waals surface area (Å²) in [6.45, 7) is 7.78. The van der Waals surface area contributed by atoms with Crippen LogP contribution in [0.1, 0.15) is 42.0 Å². The van der Waals surface area contributed by atoms with Gasteiger partial charge in [-0.25, -0.2) is 0 Å². The van der Waals surface area contributed by atoms with Crippen molar-refractivity contribution < 1.29 is 4.79 Å². The van der Waals surface area contributed by atoms with E-state index in [1.807, 2.05) is 19.2 Å². The molecule has 136 valence electrons. The van der Waals surface area contributed by atoms with Gasteiger partial charge in [0.25, 0.3) is 5.91 Å². The van der Waals surface area contributed by atoms with Crippen molar-refractivity contribution in [3.8, 4) is 0 Å². The van der Waals surface area contributed by atoms with Crippen molar-refractivity contribution in [3.63, 3.8) is 0 Å². The molecular weight excluding hydrogens is 334 g/mol. The van der Waals surface area contributed by atoms with Gasteiger partial charge in [0.15, 0.2) is 5.16 Å². The first-order valence-electron chi connectivity index (χ1n) is 8.52. The summed E-state index contributed by atoms with van der Waals surface area (Å²) in [6.07, 6.45) is 3.62. The van der Waals surface area contributed by atoms with Gasteiger partial charge in [-0.05, 0) is 43.2 Å². The number of hydrogen-bond acceptors (Lipinski definition) is 5. The first-order valence-corrected chi connectivity index (χ1v) is 9.75. The molecule has 1 aromatic carbocycles. The molecule has 1 aromatic heterocycles. The Morgan fingerprint density at radius 1 is 1.36 bits per heavy atom. The zero-order valence-electron chi connectivity index (χ0n) is 15.4. The van der Waals surface area contributed by atoms with E-state index in [0.29, 0.717) is 23.7 Å². The fourth-order valence-electron chi connectivity index (χ4n) is 2.63. The summed E-state index contributed by atoms with van der Waals surface area (Å²) >= 11 is 1.61. The molecule has 0 aliphatic heterocycles. The van der Waals surface area contributed by atoms with Crippen LogP contribution in [0.25, 0.3) is 0 Å². The zero-order valence-corrected chi connectivity index (χ0v) is 16.2. The Hall–Kier alpha value is -2.02. The number of benzene rings is 1. The van der Waals surface area contributed by atoms with E-state index in [0.717, 1.165) is 35.9 Å². The second-order valence-electron chi connectivity index (χ2n) is 6.54. The number of amides is 1. The largest absolute Gasteiger partial charge is 0.399 e. The van der Waals surface area contributed by atoms with Crippen molar-refractivity contribution in [1.82, 2.24) is 20.1 Å². The van der Waals surface area contributed by atoms with Gasteiger partial charge in [0.2, 0.25) is 0 Å². The lowest BCUT2D eigenvalue weighted by Crippen LogP contribution is -2.26. The average molecular weight is 362 g/mol. The average Bonchev–Trinajstić information content (AvgIpc) is 2.94. The molecule has 0 saturated heterocycles. The highest BCUT2D eigenvalue weighted by atomic mass is 32.2. The van der Waals surface area contributed by atoms with Crippen molar-refractivity contribution in [3.05, 3.63) is 35.2 Å². The maximum atomic E-state index is 12.3. The highest BCUT2D eigenvalue weighted by Gasteiger charge is 2.13. The molecule has 6 nitrogen and oxygen atoms in total. The van der Waals surface area contributed by atoms with Crippen LogP contribution in [0.4, 0.5) is 5.69 Å². The first-order chi connectivity index (χ1) is 11.9. The lowest BCUT2D eigenvalue weighted by molar-refractivity contribution is 0.0952. The van der Waals surface area contributed by atoms with Crippen molar-refractivity contribution in [2.45, 2.75) is 45.3 Å². The number of aryl methyl sites for hydroxylation is 2. The Balaban J connectivity index is 1.90. The standard InChI is InChI=1S/C18H27N5OS/c1-12(2)11-23-16(21-22-18(23)25-4)6-5-9-20-17(24)15-10-14(19)8-7-13(15)3/h7-8,10,12H,5-6,9,11,19H2,1-4H3,(H,20,24). The van der Waals surface area contributed by atoms with Crippen LogP contribution in [0.5, 0.6) is 0 Å². The molecule has 2 aromatic rings. The van der Waals surface area contributed by atoms with Crippen molar-refractivity contribution in [2.75, 3.05) is 18.5 Å². The van der Waals surface area contributed by atoms with E-state index in [1.165, 1.54) is 0 Å². The predicted molar refractivity (Wildman–Crippen MR) is 103 cm³/mol. The van der Waals surface area contributed by atoms with Gasteiger partial charge in [-0.3, -0.25) is 4.79 Å². The van der Waals surface area contributed by atoms with E-state index in [-0.39, 0.29) is 5.91 Å². The van der Waals surface area contributed by atoms with Gasteiger partial charge in [0.05, 0.1) is 0 Å². The van der Waals surface area contributed by atoms with Gasteiger partial charge in [-0.2, -0.15) is 0 Å². The third kappa shape index (κ3) is 5.22. The number of nitrogens with two attached hydrogens (primary N) is 1. The molecule has 7 heteroatoms. The molecule has 0 fully saturated rings. The van der Waals surface area contributed by atoms with E-state index in [1.54, 1.807) is 23.9 Å². The molecule has 0 spiro atoms. The fourth-order valence-corrected chi connectivity index (χ4v) is 3.15. The normalized spacial score (nSPS) is 11.1. The molecule has 1 amide bonds. The van der Waals surface area contributed by atoms with Gasteiger partial charge in [-0.15, -0.1) is 10.2 Å². The molecular formula is C18H27N5OS. The van der Waals surface area contributed by atoms with E-state index in [2.05, 4.69) is 33.9 Å². The summed E-state index contributed by atoms with van der Waals surface area (Å²) in [5.74, 6) is 1.43. The minimum Gasteiger partial charge on any atom is -0.399 e. The van der Waals surface area contributed by atoms with Crippen LogP contribution in [-0.2, 0) is 13.0 Å². The minimum absolute atomic E-state index is 0.0850. The molecule has 0 bridgehead atoms. The number of rotatable bonds is 8. The van der Waals surface area contributed by atoms with E-state index >= 15 is 0 Å². The van der Waals surface area contributed by atoms with Crippen LogP contribution in [0, 0.1) is 12.8 Å². The summed E-state index contributed by atoms with van der Waals surface area (Å²) in [5.41, 5.74) is 7.92. The van der Waals surface area contributed by atoms with Crippen molar-refractivity contribution >= 4 is 23.4 Å². The van der Waals surface area contributed by atoms with Gasteiger partial charge >= 0.3 is 0 Å². The number of carbonyl (C=O) groups excluding carboxylic acids is 1. The smallest absolute Gasteiger partial charge is 0.251 e. The highest BCUT2D eigenvalue weighted by Crippen LogP contribution is 2.17. The quantitative estimate of drug-likeness (QED) is 0.429. The lowest BCUT2D eigenvalue weighted by atomic mass is 10.1. The second kappa shape index (κ2) is 8.89. The van der Waals surface area contributed by atoms with Crippen LogP contribution >= 0.6 is 11.8 Å². The number of thioether (sulfide) groups is 1. The number of aromatic nitrogens is 3. The summed E-state index contributed by atoms with van der Waals surface area (Å²) in [5, 5.41) is 12.5. The van der Waals surface area contributed by atoms with Crippen LogP contribution in [0.3, 0.4) is 0 Å². The van der Waals surface area contributed by atoms with Crippen LogP contribution < -0.4 is 11.1 Å². The Labute approximate surface area is 153 Å². The molecule has 0 aliphatic rings. The number of carbonyl (C=O) groups is 1. The third-order valence-electron chi connectivity index (χ3n) is 3.89. The molecule has 0 aliphatic carbocycles. The van der Waals surface area contributed by atoms with Gasteiger partial charge in [-0.1, -0.05) is 31.7 Å². The topological polar surface area (TPSA) is 85.8 Å². The molecule has 0 radical (unpaired) electrons. The van der Waals surface area contributed by atoms with Crippen LogP contribution in [0.15, 0.2) is 23.4 Å². The van der Waals surface area contributed by atoms with Crippen LogP contribution in [0.2, 0.25) is 0 Å². The van der Waals surface area contributed by atoms with E-state index in [9.17, 15) is 4.79 Å². The molecule has 0 unspecified atom stereocenters. The van der Waals surface area contributed by atoms with Crippen LogP contribution in [-0.4, -0.2) is 33.5 Å². The number of nitrogens with zero attached hydrogens (tertiary/aromatic N) is 3. The Bertz CT molecular complexity index is 726. The summed E-state index contributed by atoms with van der Waals surface area (Å²) < 4.78 is 2.18. The van der Waals surface area contributed by atoms with Crippen molar-refractivity contribution in [1.29, 1.82) is 0 Å². The van der Waals surface area contributed by atoms with E-state index in [4.69, 9.17) is 5.73 Å². The number of anilines is 1. The first kappa shape index (κ1) is 19.3. The second-order valence-corrected chi connectivity index (χ2v) is 7.31. The minimum atomic E-state index is -0.0850. The van der Waals surface area contributed by atoms with E-state index < -0.39 is 0 Å². The Morgan fingerprint density at radius 2 is 2.12 bits per heavy atom. The lowest BCUT2D eigenvalue weighted by Gasteiger charge is -2.12. The summed E-state index contributed by atoms with van der Waals surface area (Å²) in [6, 6.07) is 5.38. The van der Waals surface area contributed by atoms with Gasteiger partial charge in [0, 0.05) is 30.8 Å². The molecule has 2 rings (SSSR count). The van der Waals surface area contributed by atoms with Crippen molar-refractivity contribution in [2.24, 2.45) is 5.92 Å². The summed E-state index contributed by atoms with van der Waals surface area (Å²) in [4.78, 5) is 12.3.